The Balaban J connectivity index is 1.96. The second-order valence-corrected chi connectivity index (χ2v) is 5.44. The van der Waals surface area contributed by atoms with Gasteiger partial charge in [0.05, 0.1) is 12.2 Å². The molecule has 0 unspecified atom stereocenters. The average molecular weight is 307 g/mol. The molecule has 2 aromatic heterocycles. The van der Waals surface area contributed by atoms with Crippen molar-refractivity contribution in [1.29, 1.82) is 0 Å². The van der Waals surface area contributed by atoms with E-state index in [4.69, 9.17) is 0 Å². The number of nitrogens with zero attached hydrogens (tertiary/aromatic N) is 3. The summed E-state index contributed by atoms with van der Waals surface area (Å²) in [6, 6.07) is 5.07. The number of hydrogen-bond acceptors (Lipinski definition) is 4. The highest BCUT2D eigenvalue weighted by Gasteiger charge is 2.14. The third-order valence-corrected chi connectivity index (χ3v) is 3.83. The van der Waals surface area contributed by atoms with E-state index < -0.39 is 11.6 Å². The number of para-hydroxylation sites is 1. The molecule has 21 heavy (non-hydrogen) atoms. The van der Waals surface area contributed by atoms with Crippen LogP contribution >= 0.6 is 11.3 Å². The van der Waals surface area contributed by atoms with Gasteiger partial charge in [-0.2, -0.15) is 0 Å². The van der Waals surface area contributed by atoms with Crippen LogP contribution in [0.25, 0.3) is 4.96 Å². The molecule has 0 N–H and O–H groups in total. The van der Waals surface area contributed by atoms with Crippen molar-refractivity contribution in [2.24, 2.45) is 0 Å². The van der Waals surface area contributed by atoms with Crippen molar-refractivity contribution in [3.05, 3.63) is 63.5 Å². The Bertz CT molecular complexity index is 839. The highest BCUT2D eigenvalue weighted by atomic mass is 32.1. The molecule has 2 heterocycles. The van der Waals surface area contributed by atoms with E-state index in [0.717, 1.165) is 0 Å². The average Bonchev–Trinajstić information content (AvgIpc) is 2.87. The number of thiazole rings is 1. The summed E-state index contributed by atoms with van der Waals surface area (Å²) in [6.07, 6.45) is 1.64. The lowest BCUT2D eigenvalue weighted by molar-refractivity contribution is 0.576. The van der Waals surface area contributed by atoms with Gasteiger partial charge in [-0.25, -0.2) is 13.8 Å². The first-order valence-corrected chi connectivity index (χ1v) is 7.05. The molecule has 0 aliphatic rings. The van der Waals surface area contributed by atoms with Crippen LogP contribution in [0.4, 0.5) is 14.5 Å². The third kappa shape index (κ3) is 2.52. The zero-order valence-electron chi connectivity index (χ0n) is 11.1. The lowest BCUT2D eigenvalue weighted by Gasteiger charge is -2.19. The summed E-state index contributed by atoms with van der Waals surface area (Å²) in [5.74, 6) is -1.29. The van der Waals surface area contributed by atoms with Crippen LogP contribution in [0.3, 0.4) is 0 Å². The van der Waals surface area contributed by atoms with Gasteiger partial charge in [0, 0.05) is 24.7 Å². The first-order chi connectivity index (χ1) is 10.1. The number of rotatable bonds is 3. The van der Waals surface area contributed by atoms with Crippen molar-refractivity contribution in [2.75, 3.05) is 11.9 Å². The van der Waals surface area contributed by atoms with Crippen LogP contribution in [0, 0.1) is 11.6 Å². The maximum Gasteiger partial charge on any atom is 0.258 e. The molecule has 3 aromatic rings. The maximum atomic E-state index is 13.7. The minimum atomic E-state index is -0.647. The molecular formula is C14H11F2N3OS. The molecule has 0 saturated heterocycles. The number of fused-ring (bicyclic) bond motifs is 1. The fourth-order valence-electron chi connectivity index (χ4n) is 2.14. The Labute approximate surface area is 122 Å². The third-order valence-electron chi connectivity index (χ3n) is 3.07. The Morgan fingerprint density at radius 1 is 1.33 bits per heavy atom. The highest BCUT2D eigenvalue weighted by Crippen LogP contribution is 2.23. The summed E-state index contributed by atoms with van der Waals surface area (Å²) in [7, 11) is 1.55. The number of benzene rings is 1. The van der Waals surface area contributed by atoms with Gasteiger partial charge in [-0.05, 0) is 12.1 Å². The molecule has 0 bridgehead atoms. The highest BCUT2D eigenvalue weighted by molar-refractivity contribution is 7.15. The van der Waals surface area contributed by atoms with E-state index in [9.17, 15) is 13.6 Å². The number of anilines is 1. The second-order valence-electron chi connectivity index (χ2n) is 4.57. The van der Waals surface area contributed by atoms with E-state index in [0.29, 0.717) is 10.7 Å². The van der Waals surface area contributed by atoms with E-state index in [1.54, 1.807) is 18.6 Å². The molecule has 3 rings (SSSR count). The van der Waals surface area contributed by atoms with Crippen molar-refractivity contribution in [3.63, 3.8) is 0 Å². The zero-order chi connectivity index (χ0) is 15.0. The van der Waals surface area contributed by atoms with Crippen LogP contribution < -0.4 is 10.5 Å². The molecule has 0 saturated carbocycles. The summed E-state index contributed by atoms with van der Waals surface area (Å²) < 4.78 is 28.9. The molecule has 0 aliphatic heterocycles. The first-order valence-electron chi connectivity index (χ1n) is 6.17. The molecule has 0 fully saturated rings. The van der Waals surface area contributed by atoms with E-state index in [1.807, 2.05) is 0 Å². The van der Waals surface area contributed by atoms with Gasteiger partial charge in [-0.1, -0.05) is 6.07 Å². The number of hydrogen-bond donors (Lipinski definition) is 0. The smallest absolute Gasteiger partial charge is 0.258 e. The maximum absolute atomic E-state index is 13.7. The topological polar surface area (TPSA) is 37.6 Å². The minimum absolute atomic E-state index is 0.134. The predicted octanol–water partition coefficient (Wildman–Crippen LogP) is 2.67. The summed E-state index contributed by atoms with van der Waals surface area (Å²) in [5.41, 5.74) is 0.122. The number of halogens is 2. The second kappa shape index (κ2) is 5.25. The first kappa shape index (κ1) is 13.7. The Hall–Kier alpha value is -2.28. The Morgan fingerprint density at radius 2 is 2.05 bits per heavy atom. The molecule has 0 amide bonds. The summed E-state index contributed by atoms with van der Waals surface area (Å²) in [4.78, 5) is 18.1. The van der Waals surface area contributed by atoms with E-state index in [1.165, 1.54) is 44.9 Å². The molecule has 1 aromatic carbocycles. The van der Waals surface area contributed by atoms with Gasteiger partial charge < -0.3 is 4.90 Å². The van der Waals surface area contributed by atoms with E-state index >= 15 is 0 Å². The van der Waals surface area contributed by atoms with Gasteiger partial charge >= 0.3 is 0 Å². The van der Waals surface area contributed by atoms with Crippen molar-refractivity contribution < 1.29 is 8.78 Å². The Morgan fingerprint density at radius 3 is 2.76 bits per heavy atom. The largest absolute Gasteiger partial charge is 0.364 e. The van der Waals surface area contributed by atoms with Gasteiger partial charge in [0.1, 0.15) is 17.3 Å². The quantitative estimate of drug-likeness (QED) is 0.746. The fraction of sp³-hybridized carbons (Fsp3) is 0.143. The van der Waals surface area contributed by atoms with E-state index in [2.05, 4.69) is 4.98 Å². The molecule has 108 valence electrons. The molecular weight excluding hydrogens is 296 g/mol. The summed E-state index contributed by atoms with van der Waals surface area (Å²) in [5, 5.41) is 1.76. The monoisotopic (exact) mass is 307 g/mol. The van der Waals surface area contributed by atoms with Gasteiger partial charge in [0.15, 0.2) is 4.96 Å². The predicted molar refractivity (Wildman–Crippen MR) is 77.8 cm³/mol. The lowest BCUT2D eigenvalue weighted by atomic mass is 10.2. The van der Waals surface area contributed by atoms with Crippen LogP contribution in [-0.2, 0) is 6.54 Å². The summed E-state index contributed by atoms with van der Waals surface area (Å²) in [6.45, 7) is 0.140. The molecule has 7 heteroatoms. The van der Waals surface area contributed by atoms with Gasteiger partial charge in [0.25, 0.3) is 5.56 Å². The molecule has 0 radical (unpaired) electrons. The van der Waals surface area contributed by atoms with Crippen molar-refractivity contribution in [3.8, 4) is 0 Å². The zero-order valence-corrected chi connectivity index (χ0v) is 11.9. The van der Waals surface area contributed by atoms with Crippen LogP contribution in [0.2, 0.25) is 0 Å². The van der Waals surface area contributed by atoms with Gasteiger partial charge in [0.2, 0.25) is 0 Å². The van der Waals surface area contributed by atoms with Crippen LogP contribution in [0.1, 0.15) is 5.69 Å². The minimum Gasteiger partial charge on any atom is -0.364 e. The van der Waals surface area contributed by atoms with Crippen LogP contribution in [-0.4, -0.2) is 16.4 Å². The molecule has 0 aliphatic carbocycles. The van der Waals surface area contributed by atoms with E-state index in [-0.39, 0.29) is 17.8 Å². The van der Waals surface area contributed by atoms with Crippen molar-refractivity contribution in [2.45, 2.75) is 6.54 Å². The fourth-order valence-corrected chi connectivity index (χ4v) is 2.88. The van der Waals surface area contributed by atoms with Crippen molar-refractivity contribution >= 4 is 22.0 Å². The normalized spacial score (nSPS) is 11.0. The standard InChI is InChI=1S/C14H11F2N3OS/c1-18(13-10(15)3-2-4-11(13)16)8-9-7-12(20)19-5-6-21-14(19)17-9/h2-7H,8H2,1H3. The summed E-state index contributed by atoms with van der Waals surface area (Å²) >= 11 is 1.33. The van der Waals surface area contributed by atoms with Crippen LogP contribution in [0.5, 0.6) is 0 Å². The number of aromatic nitrogens is 2. The SMILES string of the molecule is CN(Cc1cc(=O)n2ccsc2n1)c1c(F)cccc1F. The lowest BCUT2D eigenvalue weighted by Crippen LogP contribution is -2.22. The molecule has 0 atom stereocenters. The molecule has 0 spiro atoms. The molecule has 4 nitrogen and oxygen atoms in total. The van der Waals surface area contributed by atoms with Crippen molar-refractivity contribution in [1.82, 2.24) is 9.38 Å². The Kier molecular flexibility index (Phi) is 3.42. The van der Waals surface area contributed by atoms with Gasteiger partial charge in [-0.3, -0.25) is 9.20 Å². The van der Waals surface area contributed by atoms with Crippen LogP contribution in [0.15, 0.2) is 40.6 Å². The van der Waals surface area contributed by atoms with Gasteiger partial charge in [-0.15, -0.1) is 11.3 Å².